The van der Waals surface area contributed by atoms with Crippen LogP contribution in [0, 0.1) is 5.82 Å². The number of benzene rings is 1. The predicted molar refractivity (Wildman–Crippen MR) is 74.2 cm³/mol. The number of carbonyl (C=O) groups is 1. The van der Waals surface area contributed by atoms with Crippen LogP contribution in [-0.4, -0.2) is 26.4 Å². The van der Waals surface area contributed by atoms with E-state index < -0.39 is 27.3 Å². The fourth-order valence-corrected chi connectivity index (χ4v) is 2.57. The first-order chi connectivity index (χ1) is 9.01. The Morgan fingerprint density at radius 3 is 2.50 bits per heavy atom. The van der Waals surface area contributed by atoms with Crippen molar-refractivity contribution in [1.82, 2.24) is 4.72 Å². The smallest absolute Gasteiger partial charge is 0.240 e. The van der Waals surface area contributed by atoms with E-state index in [0.717, 1.165) is 18.2 Å². The zero-order chi connectivity index (χ0) is 15.6. The summed E-state index contributed by atoms with van der Waals surface area (Å²) in [6.07, 6.45) is 0. The molecule has 1 aromatic rings. The molecular weight excluding hydrogens is 285 g/mol. The summed E-state index contributed by atoms with van der Waals surface area (Å²) in [5.74, 6) is -1.20. The predicted octanol–water partition coefficient (Wildman–Crippen LogP) is 0.800. The Morgan fingerprint density at radius 1 is 1.40 bits per heavy atom. The number of nitrogens with one attached hydrogen (secondary N) is 2. The molecule has 0 saturated heterocycles. The Kier molecular flexibility index (Phi) is 4.85. The average Bonchev–Trinajstić information content (AvgIpc) is 2.28. The van der Waals surface area contributed by atoms with Crippen LogP contribution in [0.2, 0.25) is 0 Å². The number of hydrogen-bond donors (Lipinski definition) is 3. The average molecular weight is 303 g/mol. The Bertz CT molecular complexity index is 609. The third kappa shape index (κ3) is 4.87. The summed E-state index contributed by atoms with van der Waals surface area (Å²) in [6, 6.07) is 3.16. The number of nitrogens with two attached hydrogens (primary N) is 1. The van der Waals surface area contributed by atoms with E-state index in [0.29, 0.717) is 0 Å². The summed E-state index contributed by atoms with van der Waals surface area (Å²) in [5.41, 5.74) is 4.79. The minimum Gasteiger partial charge on any atom is -0.324 e. The van der Waals surface area contributed by atoms with Crippen molar-refractivity contribution in [3.63, 3.8) is 0 Å². The van der Waals surface area contributed by atoms with Gasteiger partial charge in [0.1, 0.15) is 5.82 Å². The highest BCUT2D eigenvalue weighted by molar-refractivity contribution is 7.89. The number of rotatable bonds is 5. The zero-order valence-electron chi connectivity index (χ0n) is 11.5. The van der Waals surface area contributed by atoms with E-state index in [4.69, 9.17) is 5.73 Å². The Hall–Kier alpha value is -1.51. The molecule has 0 bridgehead atoms. The third-order valence-corrected chi connectivity index (χ3v) is 3.68. The number of anilines is 1. The molecule has 4 N–H and O–H groups in total. The van der Waals surface area contributed by atoms with Gasteiger partial charge in [0.05, 0.1) is 10.6 Å². The van der Waals surface area contributed by atoms with E-state index in [1.165, 1.54) is 6.92 Å². The highest BCUT2D eigenvalue weighted by Crippen LogP contribution is 2.19. The van der Waals surface area contributed by atoms with Crippen LogP contribution in [0.3, 0.4) is 0 Å². The third-order valence-electron chi connectivity index (χ3n) is 2.28. The maximum absolute atomic E-state index is 13.4. The second-order valence-electron chi connectivity index (χ2n) is 5.14. The van der Waals surface area contributed by atoms with Crippen LogP contribution >= 0.6 is 0 Å². The fourth-order valence-electron chi connectivity index (χ4n) is 1.32. The molecule has 0 aromatic heterocycles. The van der Waals surface area contributed by atoms with Crippen LogP contribution < -0.4 is 15.8 Å². The van der Waals surface area contributed by atoms with Gasteiger partial charge in [-0.2, -0.15) is 0 Å². The van der Waals surface area contributed by atoms with Crippen molar-refractivity contribution in [2.24, 2.45) is 5.73 Å². The monoisotopic (exact) mass is 303 g/mol. The van der Waals surface area contributed by atoms with Gasteiger partial charge in [0.25, 0.3) is 0 Å². The molecule has 0 aliphatic carbocycles. The highest BCUT2D eigenvalue weighted by Gasteiger charge is 2.20. The van der Waals surface area contributed by atoms with Crippen LogP contribution in [-0.2, 0) is 14.8 Å². The molecule has 0 aliphatic heterocycles. The normalized spacial score (nSPS) is 12.2. The summed E-state index contributed by atoms with van der Waals surface area (Å²) >= 11 is 0. The van der Waals surface area contributed by atoms with Crippen LogP contribution in [0.15, 0.2) is 23.1 Å². The second kappa shape index (κ2) is 5.86. The summed E-state index contributed by atoms with van der Waals surface area (Å²) in [7, 11) is -3.82. The fraction of sp³-hybridized carbons (Fsp3) is 0.417. The molecule has 0 radical (unpaired) electrons. The topological polar surface area (TPSA) is 101 Å². The molecule has 0 atom stereocenters. The van der Waals surface area contributed by atoms with Gasteiger partial charge >= 0.3 is 0 Å². The molecule has 0 spiro atoms. The Morgan fingerprint density at radius 2 is 2.00 bits per heavy atom. The molecule has 1 amide bonds. The van der Waals surface area contributed by atoms with E-state index in [1.807, 2.05) is 0 Å². The van der Waals surface area contributed by atoms with E-state index in [-0.39, 0.29) is 17.1 Å². The van der Waals surface area contributed by atoms with Crippen LogP contribution in [0.1, 0.15) is 20.8 Å². The highest BCUT2D eigenvalue weighted by atomic mass is 32.2. The molecule has 1 aromatic carbocycles. The lowest BCUT2D eigenvalue weighted by Crippen LogP contribution is -2.45. The zero-order valence-corrected chi connectivity index (χ0v) is 12.3. The lowest BCUT2D eigenvalue weighted by atomic mass is 10.1. The van der Waals surface area contributed by atoms with Crippen molar-refractivity contribution >= 4 is 21.6 Å². The van der Waals surface area contributed by atoms with E-state index in [9.17, 15) is 17.6 Å². The molecule has 0 heterocycles. The van der Waals surface area contributed by atoms with Gasteiger partial charge in [-0.05, 0) is 32.0 Å². The van der Waals surface area contributed by atoms with Gasteiger partial charge in [-0.3, -0.25) is 4.79 Å². The van der Waals surface area contributed by atoms with E-state index >= 15 is 0 Å². The number of carbonyl (C=O) groups excluding carboxylic acids is 1. The van der Waals surface area contributed by atoms with Crippen molar-refractivity contribution in [2.75, 3.05) is 11.9 Å². The van der Waals surface area contributed by atoms with Crippen LogP contribution in [0.25, 0.3) is 0 Å². The van der Waals surface area contributed by atoms with Crippen molar-refractivity contribution in [1.29, 1.82) is 0 Å². The molecular formula is C12H18FN3O3S. The second-order valence-corrected chi connectivity index (χ2v) is 6.90. The SMILES string of the molecule is CC(=O)Nc1cc(S(=O)(=O)NCC(C)(C)N)ccc1F. The quantitative estimate of drug-likeness (QED) is 0.749. The number of sulfonamides is 1. The summed E-state index contributed by atoms with van der Waals surface area (Å²) in [4.78, 5) is 10.8. The van der Waals surface area contributed by atoms with Crippen LogP contribution in [0.4, 0.5) is 10.1 Å². The molecule has 0 aliphatic rings. The standard InChI is InChI=1S/C12H18FN3O3S/c1-8(17)16-11-6-9(4-5-10(11)13)20(18,19)15-7-12(2,3)14/h4-6,15H,7,14H2,1-3H3,(H,16,17). The molecule has 1 rings (SSSR count). The molecule has 6 nitrogen and oxygen atoms in total. The summed E-state index contributed by atoms with van der Waals surface area (Å²) < 4.78 is 39.8. The minimum absolute atomic E-state index is 0.0299. The first-order valence-corrected chi connectivity index (χ1v) is 7.35. The van der Waals surface area contributed by atoms with Crippen molar-refractivity contribution < 1.29 is 17.6 Å². The number of hydrogen-bond acceptors (Lipinski definition) is 4. The maximum atomic E-state index is 13.4. The molecule has 0 saturated carbocycles. The van der Waals surface area contributed by atoms with Gasteiger partial charge < -0.3 is 11.1 Å². The van der Waals surface area contributed by atoms with Gasteiger partial charge in [0.15, 0.2) is 0 Å². The molecule has 20 heavy (non-hydrogen) atoms. The van der Waals surface area contributed by atoms with Crippen LogP contribution in [0.5, 0.6) is 0 Å². The summed E-state index contributed by atoms with van der Waals surface area (Å²) in [5, 5.41) is 2.23. The number of amides is 1. The molecule has 8 heteroatoms. The van der Waals surface area contributed by atoms with E-state index in [1.54, 1.807) is 13.8 Å². The van der Waals surface area contributed by atoms with Gasteiger partial charge in [-0.1, -0.05) is 0 Å². The molecule has 0 fully saturated rings. The van der Waals surface area contributed by atoms with Crippen molar-refractivity contribution in [2.45, 2.75) is 31.2 Å². The minimum atomic E-state index is -3.82. The lowest BCUT2D eigenvalue weighted by molar-refractivity contribution is -0.114. The summed E-state index contributed by atoms with van der Waals surface area (Å²) in [6.45, 7) is 4.57. The number of halogens is 1. The lowest BCUT2D eigenvalue weighted by Gasteiger charge is -2.19. The largest absolute Gasteiger partial charge is 0.324 e. The van der Waals surface area contributed by atoms with E-state index in [2.05, 4.69) is 10.0 Å². The van der Waals surface area contributed by atoms with Gasteiger partial charge in [-0.25, -0.2) is 17.5 Å². The van der Waals surface area contributed by atoms with Gasteiger partial charge in [0, 0.05) is 19.0 Å². The first kappa shape index (κ1) is 16.5. The first-order valence-electron chi connectivity index (χ1n) is 5.87. The van der Waals surface area contributed by atoms with Crippen molar-refractivity contribution in [3.05, 3.63) is 24.0 Å². The van der Waals surface area contributed by atoms with Gasteiger partial charge in [0.2, 0.25) is 15.9 Å². The Balaban J connectivity index is 3.04. The molecule has 112 valence electrons. The molecule has 0 unspecified atom stereocenters. The van der Waals surface area contributed by atoms with Gasteiger partial charge in [-0.15, -0.1) is 0 Å². The Labute approximate surface area is 117 Å². The maximum Gasteiger partial charge on any atom is 0.240 e. The van der Waals surface area contributed by atoms with Crippen molar-refractivity contribution in [3.8, 4) is 0 Å².